The van der Waals surface area contributed by atoms with Crippen LogP contribution in [0.3, 0.4) is 0 Å². The zero-order chi connectivity index (χ0) is 20.7. The van der Waals surface area contributed by atoms with Crippen LogP contribution in [0.4, 0.5) is 4.39 Å². The van der Waals surface area contributed by atoms with Crippen molar-refractivity contribution in [3.05, 3.63) is 35.6 Å². The maximum absolute atomic E-state index is 12.9. The molecule has 0 radical (unpaired) electrons. The first-order valence-corrected chi connectivity index (χ1v) is 9.53. The van der Waals surface area contributed by atoms with Crippen molar-refractivity contribution in [3.63, 3.8) is 0 Å². The molecule has 7 nitrogen and oxygen atoms in total. The number of benzene rings is 1. The molecule has 28 heavy (non-hydrogen) atoms. The van der Waals surface area contributed by atoms with E-state index in [-0.39, 0.29) is 11.7 Å². The Kier molecular flexibility index (Phi) is 7.92. The zero-order valence-corrected chi connectivity index (χ0v) is 16.0. The topological polar surface area (TPSA) is 98.2 Å². The number of aliphatic carboxylic acids is 2. The fourth-order valence-corrected chi connectivity index (χ4v) is 3.80. The fourth-order valence-electron chi connectivity index (χ4n) is 3.80. The number of amides is 1. The van der Waals surface area contributed by atoms with Crippen LogP contribution in [0.2, 0.25) is 0 Å². The summed E-state index contributed by atoms with van der Waals surface area (Å²) in [5.74, 6) is -3.09. The van der Waals surface area contributed by atoms with Crippen LogP contribution in [0.1, 0.15) is 43.0 Å². The van der Waals surface area contributed by atoms with Crippen LogP contribution in [0.15, 0.2) is 24.3 Å². The predicted molar refractivity (Wildman–Crippen MR) is 101 cm³/mol. The van der Waals surface area contributed by atoms with Gasteiger partial charge in [0, 0.05) is 37.8 Å². The van der Waals surface area contributed by atoms with E-state index in [9.17, 15) is 9.18 Å². The average molecular weight is 394 g/mol. The van der Waals surface area contributed by atoms with Gasteiger partial charge in [-0.15, -0.1) is 0 Å². The summed E-state index contributed by atoms with van der Waals surface area (Å²) in [4.78, 5) is 35.1. The molecule has 1 amide bonds. The highest BCUT2D eigenvalue weighted by Crippen LogP contribution is 2.28. The second-order valence-corrected chi connectivity index (χ2v) is 7.37. The monoisotopic (exact) mass is 394 g/mol. The first-order chi connectivity index (χ1) is 13.3. The summed E-state index contributed by atoms with van der Waals surface area (Å²) in [6.07, 6.45) is 5.29. The van der Waals surface area contributed by atoms with Gasteiger partial charge in [-0.1, -0.05) is 19.8 Å². The van der Waals surface area contributed by atoms with Gasteiger partial charge in [-0.2, -0.15) is 0 Å². The summed E-state index contributed by atoms with van der Waals surface area (Å²) in [7, 11) is 0. The largest absolute Gasteiger partial charge is 0.473 e. The summed E-state index contributed by atoms with van der Waals surface area (Å²) < 4.78 is 12.9. The van der Waals surface area contributed by atoms with Gasteiger partial charge in [-0.3, -0.25) is 9.69 Å². The number of rotatable bonds is 2. The smallest absolute Gasteiger partial charge is 0.414 e. The Labute approximate surface area is 163 Å². The van der Waals surface area contributed by atoms with E-state index in [0.29, 0.717) is 11.6 Å². The highest BCUT2D eigenvalue weighted by molar-refractivity contribution is 6.27. The van der Waals surface area contributed by atoms with Crippen LogP contribution >= 0.6 is 0 Å². The van der Waals surface area contributed by atoms with E-state index >= 15 is 0 Å². The first-order valence-electron chi connectivity index (χ1n) is 9.53. The van der Waals surface area contributed by atoms with E-state index in [4.69, 9.17) is 19.8 Å². The van der Waals surface area contributed by atoms with Gasteiger partial charge < -0.3 is 15.1 Å². The molecule has 2 N–H and O–H groups in total. The predicted octanol–water partition coefficient (Wildman–Crippen LogP) is 2.32. The third-order valence-corrected chi connectivity index (χ3v) is 5.30. The van der Waals surface area contributed by atoms with Crippen LogP contribution in [0.5, 0.6) is 0 Å². The van der Waals surface area contributed by atoms with Crippen molar-refractivity contribution in [2.45, 2.75) is 38.6 Å². The molecule has 3 rings (SSSR count). The summed E-state index contributed by atoms with van der Waals surface area (Å²) in [6.45, 7) is 5.83. The van der Waals surface area contributed by atoms with Gasteiger partial charge in [-0.05, 0) is 43.0 Å². The summed E-state index contributed by atoms with van der Waals surface area (Å²) in [5, 5.41) is 14.8. The van der Waals surface area contributed by atoms with Crippen molar-refractivity contribution in [2.24, 2.45) is 5.92 Å². The Morgan fingerprint density at radius 1 is 0.964 bits per heavy atom. The Balaban J connectivity index is 0.000000409. The summed E-state index contributed by atoms with van der Waals surface area (Å²) in [6, 6.07) is 6.56. The van der Waals surface area contributed by atoms with E-state index in [1.54, 1.807) is 12.1 Å². The van der Waals surface area contributed by atoms with Crippen molar-refractivity contribution >= 4 is 17.8 Å². The van der Waals surface area contributed by atoms with E-state index in [0.717, 1.165) is 32.1 Å². The molecule has 1 aromatic carbocycles. The quantitative estimate of drug-likeness (QED) is 0.747. The lowest BCUT2D eigenvalue weighted by Crippen LogP contribution is -2.52. The molecule has 154 valence electrons. The number of carboxylic acids is 2. The molecule has 2 unspecified atom stereocenters. The molecule has 2 aliphatic rings. The minimum absolute atomic E-state index is 0.0247. The van der Waals surface area contributed by atoms with Crippen LogP contribution < -0.4 is 0 Å². The Hall–Kier alpha value is -2.48. The van der Waals surface area contributed by atoms with Gasteiger partial charge in [0.05, 0.1) is 0 Å². The Bertz CT molecular complexity index is 674. The van der Waals surface area contributed by atoms with Crippen molar-refractivity contribution in [1.29, 1.82) is 0 Å². The molecular formula is C20H27FN2O5. The van der Waals surface area contributed by atoms with Gasteiger partial charge >= 0.3 is 11.9 Å². The molecule has 2 atom stereocenters. The molecular weight excluding hydrogens is 367 g/mol. The molecule has 1 heterocycles. The zero-order valence-electron chi connectivity index (χ0n) is 16.0. The average Bonchev–Trinajstić information content (AvgIpc) is 2.68. The highest BCUT2D eigenvalue weighted by Gasteiger charge is 2.29. The molecule has 0 bridgehead atoms. The molecule has 0 aromatic heterocycles. The van der Waals surface area contributed by atoms with Crippen LogP contribution in [0.25, 0.3) is 0 Å². The van der Waals surface area contributed by atoms with Crippen molar-refractivity contribution < 1.29 is 29.0 Å². The van der Waals surface area contributed by atoms with Crippen LogP contribution in [-0.4, -0.2) is 70.1 Å². The molecule has 2 fully saturated rings. The normalized spacial score (nSPS) is 22.7. The first kappa shape index (κ1) is 21.8. The third-order valence-electron chi connectivity index (χ3n) is 5.30. The summed E-state index contributed by atoms with van der Waals surface area (Å²) in [5.41, 5.74) is 0.584. The van der Waals surface area contributed by atoms with Gasteiger partial charge in [0.15, 0.2) is 0 Å². The minimum Gasteiger partial charge on any atom is -0.473 e. The van der Waals surface area contributed by atoms with Crippen LogP contribution in [-0.2, 0) is 9.59 Å². The second kappa shape index (κ2) is 10.2. The Morgan fingerprint density at radius 3 is 2.04 bits per heavy atom. The standard InChI is InChI=1S/C18H25FN2O.C2H2O4/c1-14-3-2-4-17(13-14)20-9-11-21(12-10-20)18(22)15-5-7-16(19)8-6-15;3-1(4)2(5)6/h5-8,14,17H,2-4,9-13H2,1H3;(H,3,4)(H,5,6). The van der Waals surface area contributed by atoms with E-state index < -0.39 is 11.9 Å². The van der Waals surface area contributed by atoms with Gasteiger partial charge in [0.25, 0.3) is 5.91 Å². The number of carboxylic acid groups (broad SMARTS) is 2. The highest BCUT2D eigenvalue weighted by atomic mass is 19.1. The lowest BCUT2D eigenvalue weighted by atomic mass is 9.86. The third kappa shape index (κ3) is 6.30. The van der Waals surface area contributed by atoms with E-state index in [1.165, 1.54) is 37.8 Å². The molecule has 8 heteroatoms. The second-order valence-electron chi connectivity index (χ2n) is 7.37. The van der Waals surface area contributed by atoms with Gasteiger partial charge in [0.1, 0.15) is 5.82 Å². The number of piperazine rings is 1. The maximum Gasteiger partial charge on any atom is 0.414 e. The molecule has 1 aliphatic carbocycles. The van der Waals surface area contributed by atoms with Gasteiger partial charge in [-0.25, -0.2) is 14.0 Å². The van der Waals surface area contributed by atoms with Gasteiger partial charge in [0.2, 0.25) is 0 Å². The number of nitrogens with zero attached hydrogens (tertiary/aromatic N) is 2. The molecule has 0 spiro atoms. The Morgan fingerprint density at radius 2 is 1.54 bits per heavy atom. The number of hydrogen-bond donors (Lipinski definition) is 2. The number of carbonyl (C=O) groups is 3. The van der Waals surface area contributed by atoms with Crippen molar-refractivity contribution in [2.75, 3.05) is 26.2 Å². The van der Waals surface area contributed by atoms with E-state index in [1.807, 2.05) is 4.90 Å². The van der Waals surface area contributed by atoms with Crippen LogP contribution in [0, 0.1) is 11.7 Å². The summed E-state index contributed by atoms with van der Waals surface area (Å²) >= 11 is 0. The number of hydrogen-bond acceptors (Lipinski definition) is 4. The fraction of sp³-hybridized carbons (Fsp3) is 0.550. The molecule has 1 saturated carbocycles. The number of halogens is 1. The van der Waals surface area contributed by atoms with Crippen molar-refractivity contribution in [1.82, 2.24) is 9.80 Å². The molecule has 1 saturated heterocycles. The molecule has 1 aliphatic heterocycles. The van der Waals surface area contributed by atoms with Crippen molar-refractivity contribution in [3.8, 4) is 0 Å². The minimum atomic E-state index is -1.82. The lowest BCUT2D eigenvalue weighted by molar-refractivity contribution is -0.159. The maximum atomic E-state index is 12.9. The number of carbonyl (C=O) groups excluding carboxylic acids is 1. The SMILES string of the molecule is CC1CCCC(N2CCN(C(=O)c3ccc(F)cc3)CC2)C1.O=C(O)C(=O)O. The van der Waals surface area contributed by atoms with E-state index in [2.05, 4.69) is 11.8 Å². The lowest BCUT2D eigenvalue weighted by Gasteiger charge is -2.42. The molecule has 1 aromatic rings.